The number of rotatable bonds is 1. The fraction of sp³-hybridized carbons (Fsp3) is 0.375. The Morgan fingerprint density at radius 3 is 2.89 bits per heavy atom. The molecule has 1 aromatic heterocycles. The van der Waals surface area contributed by atoms with Gasteiger partial charge in [-0.2, -0.15) is 0 Å². The summed E-state index contributed by atoms with van der Waals surface area (Å²) in [7, 11) is 0. The highest BCUT2D eigenvalue weighted by Crippen LogP contribution is 2.40. The molecule has 2 atom stereocenters. The predicted octanol–water partition coefficient (Wildman–Crippen LogP) is 4.42. The number of allylic oxidation sites excluding steroid dienone is 2. The van der Waals surface area contributed by atoms with Crippen LogP contribution >= 0.6 is 0 Å². The summed E-state index contributed by atoms with van der Waals surface area (Å²) in [5.41, 5.74) is 5.95. The Kier molecular flexibility index (Phi) is 4.15. The van der Waals surface area contributed by atoms with Crippen LogP contribution in [0.15, 0.2) is 47.6 Å². The number of aromatic nitrogens is 1. The molecule has 2 heterocycles. The fourth-order valence-corrected chi connectivity index (χ4v) is 4.85. The molecule has 0 radical (unpaired) electrons. The minimum Gasteiger partial charge on any atom is -0.460 e. The molecule has 2 aromatic rings. The summed E-state index contributed by atoms with van der Waals surface area (Å²) in [4.78, 5) is 30.4. The molecule has 2 bridgehead atoms. The standard InChI is InChI=1S/C24H23NO3/c1-2-18-19-12-16-8-7-14(10-22(26)20(19)13-28-24(18)27)9-17-11-15-5-3-4-6-21(15)25-23(16)17/h3-6,11-12,14,18H,2,7-10,13H2,1H3/b16-12+/t14?,18-/m1/s1. The second-order valence-electron chi connectivity index (χ2n) is 8.10. The number of hydrogen-bond acceptors (Lipinski definition) is 4. The van der Waals surface area contributed by atoms with E-state index >= 15 is 0 Å². The first-order valence-corrected chi connectivity index (χ1v) is 10.2. The van der Waals surface area contributed by atoms with E-state index in [4.69, 9.17) is 9.72 Å². The first-order chi connectivity index (χ1) is 13.6. The number of cyclic esters (lactones) is 1. The van der Waals surface area contributed by atoms with Gasteiger partial charge in [-0.25, -0.2) is 4.98 Å². The van der Waals surface area contributed by atoms with Gasteiger partial charge in [-0.1, -0.05) is 31.2 Å². The Balaban J connectivity index is 1.75. The first-order valence-electron chi connectivity index (χ1n) is 10.2. The van der Waals surface area contributed by atoms with Crippen molar-refractivity contribution in [1.29, 1.82) is 0 Å². The topological polar surface area (TPSA) is 56.3 Å². The third-order valence-electron chi connectivity index (χ3n) is 6.35. The Bertz CT molecular complexity index is 1060. The second kappa shape index (κ2) is 6.69. The lowest BCUT2D eigenvalue weighted by molar-refractivity contribution is -0.147. The van der Waals surface area contributed by atoms with E-state index in [0.717, 1.165) is 47.0 Å². The maximum atomic E-state index is 13.1. The van der Waals surface area contributed by atoms with Crippen LogP contribution in [0.2, 0.25) is 0 Å². The molecule has 4 heteroatoms. The molecule has 142 valence electrons. The van der Waals surface area contributed by atoms with Crippen molar-refractivity contribution in [2.75, 3.05) is 6.61 Å². The molecule has 4 nitrogen and oxygen atoms in total. The number of esters is 1. The number of ketones is 1. The van der Waals surface area contributed by atoms with Crippen molar-refractivity contribution in [3.63, 3.8) is 0 Å². The molecule has 28 heavy (non-hydrogen) atoms. The summed E-state index contributed by atoms with van der Waals surface area (Å²) in [5.74, 6) is -0.142. The van der Waals surface area contributed by atoms with Crippen LogP contribution in [-0.4, -0.2) is 23.3 Å². The van der Waals surface area contributed by atoms with E-state index in [1.165, 1.54) is 5.56 Å². The van der Waals surface area contributed by atoms with E-state index in [0.29, 0.717) is 24.3 Å². The Hall–Kier alpha value is -2.75. The lowest BCUT2D eigenvalue weighted by Crippen LogP contribution is -2.30. The average molecular weight is 373 g/mol. The molecular weight excluding hydrogens is 350 g/mol. The van der Waals surface area contributed by atoms with Crippen LogP contribution in [0.3, 0.4) is 0 Å². The zero-order valence-electron chi connectivity index (χ0n) is 16.0. The van der Waals surface area contributed by atoms with E-state index in [9.17, 15) is 9.59 Å². The highest BCUT2D eigenvalue weighted by atomic mass is 16.5. The van der Waals surface area contributed by atoms with Crippen molar-refractivity contribution in [2.24, 2.45) is 11.8 Å². The Labute approximate surface area is 164 Å². The zero-order valence-corrected chi connectivity index (χ0v) is 16.0. The van der Waals surface area contributed by atoms with Gasteiger partial charge in [-0.05, 0) is 60.4 Å². The van der Waals surface area contributed by atoms with Crippen LogP contribution in [0.4, 0.5) is 0 Å². The summed E-state index contributed by atoms with van der Waals surface area (Å²) in [6, 6.07) is 10.4. The maximum Gasteiger partial charge on any atom is 0.313 e. The van der Waals surface area contributed by atoms with Crippen molar-refractivity contribution in [3.05, 3.63) is 58.8 Å². The largest absolute Gasteiger partial charge is 0.460 e. The van der Waals surface area contributed by atoms with Crippen molar-refractivity contribution < 1.29 is 14.3 Å². The van der Waals surface area contributed by atoms with Gasteiger partial charge in [0.2, 0.25) is 0 Å². The summed E-state index contributed by atoms with van der Waals surface area (Å²) < 4.78 is 5.35. The van der Waals surface area contributed by atoms with Crippen molar-refractivity contribution >= 4 is 28.2 Å². The van der Waals surface area contributed by atoms with Crippen molar-refractivity contribution in [2.45, 2.75) is 39.0 Å². The number of nitrogens with zero attached hydrogens (tertiary/aromatic N) is 1. The number of fused-ring (bicyclic) bond motifs is 6. The van der Waals surface area contributed by atoms with Gasteiger partial charge < -0.3 is 4.74 Å². The zero-order chi connectivity index (χ0) is 19.3. The maximum absolute atomic E-state index is 13.1. The van der Waals surface area contributed by atoms with Crippen LogP contribution < -0.4 is 0 Å². The predicted molar refractivity (Wildman–Crippen MR) is 108 cm³/mol. The van der Waals surface area contributed by atoms with Gasteiger partial charge in [0.15, 0.2) is 5.78 Å². The molecule has 1 aromatic carbocycles. The minimum absolute atomic E-state index is 0.109. The van der Waals surface area contributed by atoms with E-state index in [1.807, 2.05) is 25.1 Å². The third-order valence-corrected chi connectivity index (χ3v) is 6.35. The summed E-state index contributed by atoms with van der Waals surface area (Å²) in [6.45, 7) is 2.08. The molecule has 0 amide bonds. The number of benzene rings is 1. The lowest BCUT2D eigenvalue weighted by atomic mass is 9.84. The van der Waals surface area contributed by atoms with Gasteiger partial charge in [0.1, 0.15) is 6.61 Å². The molecule has 0 saturated carbocycles. The van der Waals surface area contributed by atoms with Gasteiger partial charge in [0.05, 0.1) is 17.1 Å². The molecule has 1 unspecified atom stereocenters. The third kappa shape index (κ3) is 2.79. The summed E-state index contributed by atoms with van der Waals surface area (Å²) >= 11 is 0. The second-order valence-corrected chi connectivity index (χ2v) is 8.10. The Morgan fingerprint density at radius 1 is 1.18 bits per heavy atom. The average Bonchev–Trinajstić information content (AvgIpc) is 2.81. The highest BCUT2D eigenvalue weighted by molar-refractivity contribution is 6.00. The molecule has 1 aliphatic heterocycles. The molecule has 0 saturated heterocycles. The van der Waals surface area contributed by atoms with Crippen LogP contribution in [0.1, 0.15) is 43.9 Å². The van der Waals surface area contributed by atoms with Gasteiger partial charge in [-0.15, -0.1) is 0 Å². The van der Waals surface area contributed by atoms with E-state index in [1.54, 1.807) is 0 Å². The quantitative estimate of drug-likeness (QED) is 0.694. The van der Waals surface area contributed by atoms with Gasteiger partial charge in [0, 0.05) is 17.4 Å². The number of pyridine rings is 1. The van der Waals surface area contributed by atoms with Gasteiger partial charge >= 0.3 is 5.97 Å². The van der Waals surface area contributed by atoms with Crippen LogP contribution in [0.25, 0.3) is 16.5 Å². The highest BCUT2D eigenvalue weighted by Gasteiger charge is 2.35. The number of Topliss-reactive ketones (excluding diaryl/α,β-unsaturated/α-hetero) is 1. The SMILES string of the molecule is CC[C@H]1C(=O)OCC2=C1/C=C1\CCC(CC2=O)Cc2cc3ccccc3nc21. The molecule has 3 aliphatic rings. The Morgan fingerprint density at radius 2 is 2.04 bits per heavy atom. The van der Waals surface area contributed by atoms with Crippen molar-refractivity contribution in [1.82, 2.24) is 4.98 Å². The molecule has 5 rings (SSSR count). The molecule has 0 spiro atoms. The number of carbonyl (C=O) groups excluding carboxylic acids is 2. The summed E-state index contributed by atoms with van der Waals surface area (Å²) in [5, 5.41) is 1.14. The molecule has 0 N–H and O–H groups in total. The first kappa shape index (κ1) is 17.4. The van der Waals surface area contributed by atoms with Crippen LogP contribution in [-0.2, 0) is 20.7 Å². The number of ether oxygens (including phenoxy) is 1. The van der Waals surface area contributed by atoms with Gasteiger partial charge in [0.25, 0.3) is 0 Å². The fourth-order valence-electron chi connectivity index (χ4n) is 4.85. The monoisotopic (exact) mass is 373 g/mol. The minimum atomic E-state index is -0.359. The van der Waals surface area contributed by atoms with E-state index in [-0.39, 0.29) is 24.3 Å². The van der Waals surface area contributed by atoms with Crippen molar-refractivity contribution in [3.8, 4) is 0 Å². The smallest absolute Gasteiger partial charge is 0.313 e. The molecule has 2 aliphatic carbocycles. The normalized spacial score (nSPS) is 26.4. The van der Waals surface area contributed by atoms with Crippen LogP contribution in [0.5, 0.6) is 0 Å². The molecule has 0 fully saturated rings. The van der Waals surface area contributed by atoms with Gasteiger partial charge in [-0.3, -0.25) is 9.59 Å². The number of para-hydroxylation sites is 1. The summed E-state index contributed by atoms with van der Waals surface area (Å²) in [6.07, 6.45) is 5.97. The van der Waals surface area contributed by atoms with E-state index < -0.39 is 0 Å². The lowest BCUT2D eigenvalue weighted by Gasteiger charge is -2.26. The number of carbonyl (C=O) groups is 2. The van der Waals surface area contributed by atoms with E-state index in [2.05, 4.69) is 18.2 Å². The van der Waals surface area contributed by atoms with Crippen LogP contribution in [0, 0.1) is 11.8 Å². The molecular formula is C24H23NO3. The number of hydrogen-bond donors (Lipinski definition) is 0.